The molecule has 0 aromatic heterocycles. The lowest BCUT2D eigenvalue weighted by atomic mass is 9.48. The van der Waals surface area contributed by atoms with Crippen molar-refractivity contribution in [3.05, 3.63) is 23.8 Å². The van der Waals surface area contributed by atoms with Gasteiger partial charge < -0.3 is 14.6 Å². The van der Waals surface area contributed by atoms with Gasteiger partial charge >= 0.3 is 0 Å². The summed E-state index contributed by atoms with van der Waals surface area (Å²) in [5.74, 6) is 3.42. The van der Waals surface area contributed by atoms with Crippen molar-refractivity contribution < 1.29 is 14.6 Å². The molecule has 0 amide bonds. The number of aliphatic hydroxyl groups is 1. The quantitative estimate of drug-likeness (QED) is 0.763. The van der Waals surface area contributed by atoms with Crippen LogP contribution in [0.2, 0.25) is 0 Å². The minimum atomic E-state index is -0.244. The zero-order valence-corrected chi connectivity index (χ0v) is 17.2. The fourth-order valence-corrected chi connectivity index (χ4v) is 7.91. The van der Waals surface area contributed by atoms with Crippen LogP contribution in [0.15, 0.2) is 23.8 Å². The molecule has 0 bridgehead atoms. The van der Waals surface area contributed by atoms with Crippen molar-refractivity contribution in [3.63, 3.8) is 0 Å². The van der Waals surface area contributed by atoms with Crippen molar-refractivity contribution in [3.8, 4) is 0 Å². The van der Waals surface area contributed by atoms with Crippen LogP contribution in [0.1, 0.15) is 59.3 Å². The lowest BCUT2D eigenvalue weighted by Crippen LogP contribution is -2.50. The Kier molecular flexibility index (Phi) is 4.38. The summed E-state index contributed by atoms with van der Waals surface area (Å²) in [6.45, 7) is 8.93. The highest BCUT2D eigenvalue weighted by molar-refractivity contribution is 5.36. The molecule has 0 aromatic carbocycles. The van der Waals surface area contributed by atoms with Gasteiger partial charge in [0.2, 0.25) is 0 Å². The van der Waals surface area contributed by atoms with Crippen LogP contribution in [-0.2, 0) is 9.47 Å². The van der Waals surface area contributed by atoms with Crippen LogP contribution in [-0.4, -0.2) is 30.7 Å². The molecule has 0 spiro atoms. The summed E-state index contributed by atoms with van der Waals surface area (Å²) >= 11 is 0. The molecule has 1 aliphatic heterocycles. The molecule has 3 fully saturated rings. The van der Waals surface area contributed by atoms with Gasteiger partial charge in [-0.25, -0.2) is 0 Å². The number of aliphatic hydroxyl groups excluding tert-OH is 1. The van der Waals surface area contributed by atoms with E-state index < -0.39 is 0 Å². The second kappa shape index (κ2) is 6.43. The highest BCUT2D eigenvalue weighted by atomic mass is 16.7. The summed E-state index contributed by atoms with van der Waals surface area (Å²) < 4.78 is 11.8. The maximum Gasteiger partial charge on any atom is 0.160 e. The van der Waals surface area contributed by atoms with Crippen molar-refractivity contribution >= 4 is 0 Å². The van der Waals surface area contributed by atoms with Crippen LogP contribution in [0.3, 0.4) is 0 Å². The zero-order chi connectivity index (χ0) is 18.8. The van der Waals surface area contributed by atoms with Gasteiger partial charge in [-0.3, -0.25) is 0 Å². The van der Waals surface area contributed by atoms with Crippen LogP contribution in [0.25, 0.3) is 0 Å². The van der Waals surface area contributed by atoms with Crippen molar-refractivity contribution in [2.75, 3.05) is 13.2 Å². The van der Waals surface area contributed by atoms with Crippen LogP contribution < -0.4 is 0 Å². The molecule has 150 valence electrons. The Morgan fingerprint density at radius 2 is 1.81 bits per heavy atom. The van der Waals surface area contributed by atoms with Gasteiger partial charge in [-0.15, -0.1) is 0 Å². The predicted octanol–water partition coefficient (Wildman–Crippen LogP) is 4.71. The highest BCUT2D eigenvalue weighted by Crippen LogP contribution is 2.66. The van der Waals surface area contributed by atoms with Crippen molar-refractivity contribution in [2.45, 2.75) is 71.7 Å². The van der Waals surface area contributed by atoms with E-state index in [1.165, 1.54) is 31.3 Å². The molecule has 5 rings (SSSR count). The average Bonchev–Trinajstić information content (AvgIpc) is 3.29. The fourth-order valence-electron chi connectivity index (χ4n) is 7.91. The standard InChI is InChI=1S/C24H36O3/c1-15(22-26-12-13-27-22)19-6-7-20-18-5-4-16-14-17(25)8-10-23(16,2)21(18)9-11-24(19,20)3/h4-5,14-15,17-22,25H,6-13H2,1-3H3/t15-,17?,18?,19+,20?,21?,23-,24+/m0/s1. The molecule has 0 radical (unpaired) electrons. The van der Waals surface area contributed by atoms with E-state index in [1.54, 1.807) is 0 Å². The molecule has 27 heavy (non-hydrogen) atoms. The third-order valence-electron chi connectivity index (χ3n) is 9.42. The third-order valence-corrected chi connectivity index (χ3v) is 9.42. The summed E-state index contributed by atoms with van der Waals surface area (Å²) in [6, 6.07) is 0. The van der Waals surface area contributed by atoms with Gasteiger partial charge in [0.15, 0.2) is 6.29 Å². The van der Waals surface area contributed by atoms with Gasteiger partial charge in [0.05, 0.1) is 19.3 Å². The van der Waals surface area contributed by atoms with E-state index in [0.717, 1.165) is 37.9 Å². The predicted molar refractivity (Wildman–Crippen MR) is 106 cm³/mol. The Morgan fingerprint density at radius 1 is 1.04 bits per heavy atom. The van der Waals surface area contributed by atoms with Crippen molar-refractivity contribution in [1.29, 1.82) is 0 Å². The molecular formula is C24H36O3. The minimum Gasteiger partial charge on any atom is -0.389 e. The largest absolute Gasteiger partial charge is 0.389 e. The fraction of sp³-hybridized carbons (Fsp3) is 0.833. The minimum absolute atomic E-state index is 0.0112. The number of allylic oxidation sites excluding steroid dienone is 3. The Balaban J connectivity index is 1.43. The maximum absolute atomic E-state index is 10.1. The molecule has 3 heteroatoms. The molecule has 0 aromatic rings. The monoisotopic (exact) mass is 372 g/mol. The van der Waals surface area contributed by atoms with Gasteiger partial charge in [-0.2, -0.15) is 0 Å². The molecule has 4 aliphatic carbocycles. The van der Waals surface area contributed by atoms with Gasteiger partial charge in [0, 0.05) is 5.92 Å². The van der Waals surface area contributed by atoms with Crippen LogP contribution in [0, 0.1) is 40.4 Å². The molecule has 5 aliphatic rings. The molecule has 1 heterocycles. The van der Waals surface area contributed by atoms with Crippen molar-refractivity contribution in [1.82, 2.24) is 0 Å². The Labute approximate surface area is 164 Å². The van der Waals surface area contributed by atoms with Gasteiger partial charge in [-0.05, 0) is 78.6 Å². The van der Waals surface area contributed by atoms with Gasteiger partial charge in [0.25, 0.3) is 0 Å². The molecule has 8 atom stereocenters. The summed E-state index contributed by atoms with van der Waals surface area (Å²) in [4.78, 5) is 0. The van der Waals surface area contributed by atoms with Crippen LogP contribution in [0.5, 0.6) is 0 Å². The topological polar surface area (TPSA) is 38.7 Å². The van der Waals surface area contributed by atoms with E-state index >= 15 is 0 Å². The smallest absolute Gasteiger partial charge is 0.160 e. The van der Waals surface area contributed by atoms with E-state index in [0.29, 0.717) is 23.2 Å². The number of fused-ring (bicyclic) bond motifs is 5. The first-order valence-electron chi connectivity index (χ1n) is 11.3. The normalized spacial score (nSPS) is 50.7. The first-order valence-corrected chi connectivity index (χ1v) is 11.3. The maximum atomic E-state index is 10.1. The Hall–Kier alpha value is -0.640. The number of hydrogen-bond acceptors (Lipinski definition) is 3. The SMILES string of the molecule is C[C@H](C1OCCO1)[C@H]1CCC2C3C=CC4=CC(O)CC[C@]4(C)C3CC[C@@]21C. The van der Waals surface area contributed by atoms with E-state index in [1.807, 2.05) is 0 Å². The molecule has 1 saturated heterocycles. The Bertz CT molecular complexity index is 648. The lowest BCUT2D eigenvalue weighted by molar-refractivity contribution is -0.119. The molecule has 2 saturated carbocycles. The first kappa shape index (κ1) is 18.4. The summed E-state index contributed by atoms with van der Waals surface area (Å²) in [6.07, 6.45) is 14.2. The number of hydrogen-bond donors (Lipinski definition) is 1. The number of ether oxygens (including phenoxy) is 2. The summed E-state index contributed by atoms with van der Waals surface area (Å²) in [7, 11) is 0. The van der Waals surface area contributed by atoms with Crippen LogP contribution >= 0.6 is 0 Å². The second-order valence-electron chi connectivity index (χ2n) is 10.5. The molecule has 4 unspecified atom stereocenters. The average molecular weight is 373 g/mol. The Morgan fingerprint density at radius 3 is 2.59 bits per heavy atom. The molecule has 1 N–H and O–H groups in total. The van der Waals surface area contributed by atoms with E-state index in [4.69, 9.17) is 9.47 Å². The van der Waals surface area contributed by atoms with E-state index in [-0.39, 0.29) is 17.8 Å². The van der Waals surface area contributed by atoms with Crippen LogP contribution in [0.4, 0.5) is 0 Å². The van der Waals surface area contributed by atoms with E-state index in [9.17, 15) is 5.11 Å². The summed E-state index contributed by atoms with van der Waals surface area (Å²) in [5.41, 5.74) is 2.08. The lowest BCUT2D eigenvalue weighted by Gasteiger charge is -2.57. The first-order chi connectivity index (χ1) is 12.9. The molecule has 3 nitrogen and oxygen atoms in total. The summed E-state index contributed by atoms with van der Waals surface area (Å²) in [5, 5.41) is 10.1. The van der Waals surface area contributed by atoms with Gasteiger partial charge in [0.1, 0.15) is 0 Å². The third kappa shape index (κ3) is 2.64. The van der Waals surface area contributed by atoms with Crippen molar-refractivity contribution in [2.24, 2.45) is 40.4 Å². The van der Waals surface area contributed by atoms with E-state index in [2.05, 4.69) is 39.0 Å². The molecular weight excluding hydrogens is 336 g/mol. The zero-order valence-electron chi connectivity index (χ0n) is 17.2. The highest BCUT2D eigenvalue weighted by Gasteiger charge is 2.59. The number of rotatable bonds is 2. The van der Waals surface area contributed by atoms with Gasteiger partial charge in [-0.1, -0.05) is 39.0 Å². The second-order valence-corrected chi connectivity index (χ2v) is 10.5.